The average molecular weight is 402 g/mol. The van der Waals surface area contributed by atoms with Crippen molar-refractivity contribution in [2.75, 3.05) is 23.3 Å². The molecule has 138 valence electrons. The summed E-state index contributed by atoms with van der Waals surface area (Å²) in [5.41, 5.74) is 2.08. The first-order chi connectivity index (χ1) is 13.1. The second-order valence-electron chi connectivity index (χ2n) is 6.33. The minimum Gasteiger partial charge on any atom is -0.370 e. The lowest BCUT2D eigenvalue weighted by atomic mass is 10.2. The number of hydrogen-bond acceptors (Lipinski definition) is 4. The Morgan fingerprint density at radius 3 is 2.63 bits per heavy atom. The number of aromatic nitrogens is 1. The van der Waals surface area contributed by atoms with Gasteiger partial charge in [-0.05, 0) is 37.1 Å². The van der Waals surface area contributed by atoms with Gasteiger partial charge >= 0.3 is 0 Å². The quantitative estimate of drug-likeness (QED) is 0.631. The Morgan fingerprint density at radius 1 is 1.15 bits per heavy atom. The number of nitrogens with zero attached hydrogens (tertiary/aromatic N) is 2. The Labute approximate surface area is 165 Å². The van der Waals surface area contributed by atoms with Crippen molar-refractivity contribution in [1.29, 1.82) is 0 Å². The number of halogens is 2. The summed E-state index contributed by atoms with van der Waals surface area (Å²) in [7, 11) is 0. The predicted octanol–water partition coefficient (Wildman–Crippen LogP) is 5.46. The molecule has 0 spiro atoms. The van der Waals surface area contributed by atoms with Crippen LogP contribution in [0, 0.1) is 5.82 Å². The molecule has 1 N–H and O–H groups in total. The number of rotatable bonds is 4. The fraction of sp³-hybridized carbons (Fsp3) is 0.200. The van der Waals surface area contributed by atoms with Crippen molar-refractivity contribution in [3.05, 3.63) is 64.4 Å². The summed E-state index contributed by atoms with van der Waals surface area (Å²) in [6.07, 6.45) is 2.14. The number of benzene rings is 2. The monoisotopic (exact) mass is 401 g/mol. The molecule has 1 aliphatic rings. The standard InChI is InChI=1S/C20H17ClFN3OS/c21-14-8-6-13(7-9-14)20-23-16(12-27-20)19(26)24-18-15(22)4-3-5-17(18)25-10-1-2-11-25/h3-9,12H,1-2,10-11H2,(H,24,26). The summed E-state index contributed by atoms with van der Waals surface area (Å²) in [5, 5.41) is 5.74. The highest BCUT2D eigenvalue weighted by molar-refractivity contribution is 7.13. The third-order valence-corrected chi connectivity index (χ3v) is 5.65. The summed E-state index contributed by atoms with van der Waals surface area (Å²) in [6, 6.07) is 12.1. The van der Waals surface area contributed by atoms with E-state index in [0.29, 0.717) is 15.7 Å². The van der Waals surface area contributed by atoms with Gasteiger partial charge in [0.15, 0.2) is 0 Å². The van der Waals surface area contributed by atoms with E-state index in [1.807, 2.05) is 18.2 Å². The van der Waals surface area contributed by atoms with E-state index in [2.05, 4.69) is 15.2 Å². The number of carbonyl (C=O) groups excluding carboxylic acids is 1. The smallest absolute Gasteiger partial charge is 0.275 e. The molecular formula is C20H17ClFN3OS. The third kappa shape index (κ3) is 3.82. The van der Waals surface area contributed by atoms with Gasteiger partial charge in [0.2, 0.25) is 0 Å². The van der Waals surface area contributed by atoms with Gasteiger partial charge in [0.25, 0.3) is 5.91 Å². The molecule has 0 aliphatic carbocycles. The van der Waals surface area contributed by atoms with E-state index < -0.39 is 11.7 Å². The van der Waals surface area contributed by atoms with Crippen LogP contribution in [0.2, 0.25) is 5.02 Å². The number of nitrogens with one attached hydrogen (secondary N) is 1. The van der Waals surface area contributed by atoms with E-state index in [-0.39, 0.29) is 11.4 Å². The van der Waals surface area contributed by atoms with Crippen molar-refractivity contribution in [2.45, 2.75) is 12.8 Å². The molecule has 1 aliphatic heterocycles. The first-order valence-corrected chi connectivity index (χ1v) is 9.94. The van der Waals surface area contributed by atoms with Gasteiger partial charge in [0.05, 0.1) is 5.69 Å². The maximum Gasteiger partial charge on any atom is 0.275 e. The molecule has 3 aromatic rings. The van der Waals surface area contributed by atoms with Crippen LogP contribution in [0.25, 0.3) is 10.6 Å². The van der Waals surface area contributed by atoms with Crippen molar-refractivity contribution in [2.24, 2.45) is 0 Å². The summed E-state index contributed by atoms with van der Waals surface area (Å²) in [5.74, 6) is -0.863. The van der Waals surface area contributed by atoms with Crippen molar-refractivity contribution in [1.82, 2.24) is 4.98 Å². The molecule has 1 amide bonds. The minimum atomic E-state index is -0.444. The second kappa shape index (κ2) is 7.66. The lowest BCUT2D eigenvalue weighted by molar-refractivity contribution is 0.102. The Hall–Kier alpha value is -2.44. The Bertz CT molecular complexity index is 968. The molecule has 7 heteroatoms. The molecule has 1 fully saturated rings. The molecule has 0 bridgehead atoms. The summed E-state index contributed by atoms with van der Waals surface area (Å²) < 4.78 is 14.4. The summed E-state index contributed by atoms with van der Waals surface area (Å²) in [4.78, 5) is 19.1. The largest absolute Gasteiger partial charge is 0.370 e. The zero-order valence-electron chi connectivity index (χ0n) is 14.4. The molecule has 1 saturated heterocycles. The Kier molecular flexibility index (Phi) is 5.09. The topological polar surface area (TPSA) is 45.2 Å². The second-order valence-corrected chi connectivity index (χ2v) is 7.62. The molecule has 2 aromatic carbocycles. The first-order valence-electron chi connectivity index (χ1n) is 8.68. The normalized spacial score (nSPS) is 13.8. The van der Waals surface area contributed by atoms with Crippen molar-refractivity contribution in [3.63, 3.8) is 0 Å². The lowest BCUT2D eigenvalue weighted by Gasteiger charge is -2.21. The number of carbonyl (C=O) groups is 1. The van der Waals surface area contributed by atoms with Crippen molar-refractivity contribution >= 4 is 40.2 Å². The van der Waals surface area contributed by atoms with Gasteiger partial charge in [-0.3, -0.25) is 4.79 Å². The number of para-hydroxylation sites is 1. The fourth-order valence-corrected chi connectivity index (χ4v) is 4.07. The van der Waals surface area contributed by atoms with E-state index >= 15 is 0 Å². The number of anilines is 2. The molecule has 4 nitrogen and oxygen atoms in total. The third-order valence-electron chi connectivity index (χ3n) is 4.50. The first kappa shape index (κ1) is 17.9. The highest BCUT2D eigenvalue weighted by Gasteiger charge is 2.21. The number of amides is 1. The molecular weight excluding hydrogens is 385 g/mol. The van der Waals surface area contributed by atoms with Crippen LogP contribution in [-0.2, 0) is 0 Å². The van der Waals surface area contributed by atoms with E-state index in [0.717, 1.165) is 31.5 Å². The van der Waals surface area contributed by atoms with Crippen molar-refractivity contribution in [3.8, 4) is 10.6 Å². The summed E-state index contributed by atoms with van der Waals surface area (Å²) >= 11 is 7.27. The fourth-order valence-electron chi connectivity index (χ4n) is 3.14. The van der Waals surface area contributed by atoms with Crippen LogP contribution in [-0.4, -0.2) is 24.0 Å². The van der Waals surface area contributed by atoms with Gasteiger partial charge in [0, 0.05) is 29.1 Å². The zero-order valence-corrected chi connectivity index (χ0v) is 16.0. The van der Waals surface area contributed by atoms with Crippen LogP contribution in [0.4, 0.5) is 15.8 Å². The SMILES string of the molecule is O=C(Nc1c(F)cccc1N1CCCC1)c1csc(-c2ccc(Cl)cc2)n1. The van der Waals surface area contributed by atoms with Gasteiger partial charge in [0.1, 0.15) is 22.2 Å². The molecule has 0 radical (unpaired) electrons. The van der Waals surface area contributed by atoms with E-state index in [9.17, 15) is 9.18 Å². The van der Waals surface area contributed by atoms with Crippen LogP contribution in [0.15, 0.2) is 47.8 Å². The van der Waals surface area contributed by atoms with Crippen LogP contribution in [0.5, 0.6) is 0 Å². The van der Waals surface area contributed by atoms with E-state index in [4.69, 9.17) is 11.6 Å². The Morgan fingerprint density at radius 2 is 1.89 bits per heavy atom. The maximum absolute atomic E-state index is 14.4. The number of hydrogen-bond donors (Lipinski definition) is 1. The van der Waals surface area contributed by atoms with E-state index in [1.54, 1.807) is 23.6 Å². The molecule has 4 rings (SSSR count). The highest BCUT2D eigenvalue weighted by Crippen LogP contribution is 2.32. The molecule has 2 heterocycles. The van der Waals surface area contributed by atoms with Crippen LogP contribution in [0.3, 0.4) is 0 Å². The van der Waals surface area contributed by atoms with Crippen LogP contribution < -0.4 is 10.2 Å². The van der Waals surface area contributed by atoms with Crippen LogP contribution >= 0.6 is 22.9 Å². The zero-order chi connectivity index (χ0) is 18.8. The van der Waals surface area contributed by atoms with Gasteiger partial charge in [-0.1, -0.05) is 29.8 Å². The van der Waals surface area contributed by atoms with E-state index in [1.165, 1.54) is 17.4 Å². The molecule has 0 saturated carbocycles. The lowest BCUT2D eigenvalue weighted by Crippen LogP contribution is -2.22. The molecule has 0 atom stereocenters. The average Bonchev–Trinajstić information content (AvgIpc) is 3.36. The molecule has 0 unspecified atom stereocenters. The van der Waals surface area contributed by atoms with Gasteiger partial charge in [-0.25, -0.2) is 9.37 Å². The van der Waals surface area contributed by atoms with Crippen LogP contribution in [0.1, 0.15) is 23.3 Å². The highest BCUT2D eigenvalue weighted by atomic mass is 35.5. The molecule has 1 aromatic heterocycles. The maximum atomic E-state index is 14.4. The number of thiazole rings is 1. The minimum absolute atomic E-state index is 0.213. The predicted molar refractivity (Wildman–Crippen MR) is 108 cm³/mol. The Balaban J connectivity index is 1.57. The van der Waals surface area contributed by atoms with Gasteiger partial charge < -0.3 is 10.2 Å². The van der Waals surface area contributed by atoms with Crippen molar-refractivity contribution < 1.29 is 9.18 Å². The summed E-state index contributed by atoms with van der Waals surface area (Å²) in [6.45, 7) is 1.73. The van der Waals surface area contributed by atoms with Gasteiger partial charge in [-0.15, -0.1) is 11.3 Å². The molecule has 27 heavy (non-hydrogen) atoms. The van der Waals surface area contributed by atoms with Gasteiger partial charge in [-0.2, -0.15) is 0 Å².